The van der Waals surface area contributed by atoms with Crippen molar-refractivity contribution in [3.63, 3.8) is 0 Å². The zero-order chi connectivity index (χ0) is 14.5. The van der Waals surface area contributed by atoms with Crippen molar-refractivity contribution in [1.82, 2.24) is 4.98 Å². The van der Waals surface area contributed by atoms with Gasteiger partial charge in [0, 0.05) is 25.7 Å². The number of thiazole rings is 1. The Kier molecular flexibility index (Phi) is 5.37. The molecule has 2 rings (SSSR count). The Labute approximate surface area is 127 Å². The molecule has 1 heterocycles. The topological polar surface area (TPSA) is 45.6 Å². The van der Waals surface area contributed by atoms with Gasteiger partial charge in [0.15, 0.2) is 5.13 Å². The van der Waals surface area contributed by atoms with Crippen LogP contribution < -0.4 is 4.90 Å². The number of methoxy groups -OCH3 is 1. The van der Waals surface area contributed by atoms with E-state index in [0.717, 1.165) is 26.3 Å². The van der Waals surface area contributed by atoms with Crippen molar-refractivity contribution < 1.29 is 9.84 Å². The van der Waals surface area contributed by atoms with Crippen molar-refractivity contribution in [2.24, 2.45) is 0 Å². The molecule has 0 amide bonds. The highest BCUT2D eigenvalue weighted by atomic mass is 35.5. The highest BCUT2D eigenvalue weighted by Crippen LogP contribution is 2.27. The largest absolute Gasteiger partial charge is 0.391 e. The third kappa shape index (κ3) is 3.70. The Morgan fingerprint density at radius 3 is 2.90 bits per heavy atom. The summed E-state index contributed by atoms with van der Waals surface area (Å²) in [5.41, 5.74) is 1.92. The first kappa shape index (κ1) is 15.3. The zero-order valence-electron chi connectivity index (χ0n) is 11.5. The van der Waals surface area contributed by atoms with Gasteiger partial charge in [-0.3, -0.25) is 0 Å². The van der Waals surface area contributed by atoms with Gasteiger partial charge >= 0.3 is 0 Å². The van der Waals surface area contributed by atoms with Crippen molar-refractivity contribution in [3.8, 4) is 0 Å². The van der Waals surface area contributed by atoms with E-state index in [4.69, 9.17) is 16.3 Å². The van der Waals surface area contributed by atoms with E-state index >= 15 is 0 Å². The van der Waals surface area contributed by atoms with E-state index in [0.29, 0.717) is 13.2 Å². The van der Waals surface area contributed by atoms with Crippen LogP contribution in [-0.4, -0.2) is 24.2 Å². The van der Waals surface area contributed by atoms with Crippen molar-refractivity contribution in [2.75, 3.05) is 19.1 Å². The number of aliphatic hydroxyl groups is 1. The maximum atomic E-state index is 9.35. The third-order valence-electron chi connectivity index (χ3n) is 2.83. The molecule has 0 saturated carbocycles. The molecule has 20 heavy (non-hydrogen) atoms. The second kappa shape index (κ2) is 7.04. The maximum absolute atomic E-state index is 9.35. The monoisotopic (exact) mass is 312 g/mol. The van der Waals surface area contributed by atoms with Crippen LogP contribution in [0.1, 0.15) is 16.1 Å². The summed E-state index contributed by atoms with van der Waals surface area (Å²) in [5, 5.41) is 10.9. The smallest absolute Gasteiger partial charge is 0.185 e. The van der Waals surface area contributed by atoms with E-state index in [-0.39, 0.29) is 6.61 Å². The minimum Gasteiger partial charge on any atom is -0.391 e. The van der Waals surface area contributed by atoms with E-state index in [2.05, 4.69) is 4.98 Å². The van der Waals surface area contributed by atoms with Gasteiger partial charge in [-0.1, -0.05) is 35.1 Å². The molecule has 4 nitrogen and oxygen atoms in total. The molecule has 0 spiro atoms. The lowest BCUT2D eigenvalue weighted by molar-refractivity contribution is 0.179. The molecular formula is C14H17ClN2O2S. The molecule has 1 N–H and O–H groups in total. The molecule has 0 fully saturated rings. The van der Waals surface area contributed by atoms with Gasteiger partial charge in [0.25, 0.3) is 0 Å². The molecule has 6 heteroatoms. The van der Waals surface area contributed by atoms with Gasteiger partial charge in [-0.15, -0.1) is 0 Å². The standard InChI is InChI=1S/C14H17ClN2O2S/c1-17(7-10-4-3-5-11(15)6-10)14-16-12(9-19-2)13(8-18)20-14/h3-6,18H,7-9H2,1-2H3. The molecule has 0 unspecified atom stereocenters. The minimum absolute atomic E-state index is 0.0125. The lowest BCUT2D eigenvalue weighted by Crippen LogP contribution is -2.16. The second-order valence-corrected chi connectivity index (χ2v) is 5.94. The van der Waals surface area contributed by atoms with Crippen molar-refractivity contribution in [1.29, 1.82) is 0 Å². The van der Waals surface area contributed by atoms with Gasteiger partial charge in [-0.25, -0.2) is 4.98 Å². The highest BCUT2D eigenvalue weighted by molar-refractivity contribution is 7.15. The van der Waals surface area contributed by atoms with Crippen LogP contribution in [0.2, 0.25) is 5.02 Å². The highest BCUT2D eigenvalue weighted by Gasteiger charge is 2.13. The van der Waals surface area contributed by atoms with Gasteiger partial charge in [0.2, 0.25) is 0 Å². The van der Waals surface area contributed by atoms with E-state index in [1.807, 2.05) is 36.2 Å². The SMILES string of the molecule is COCc1nc(N(C)Cc2cccc(Cl)c2)sc1CO. The van der Waals surface area contributed by atoms with E-state index in [1.165, 1.54) is 11.3 Å². The van der Waals surface area contributed by atoms with Crippen LogP contribution in [0.5, 0.6) is 0 Å². The van der Waals surface area contributed by atoms with E-state index in [9.17, 15) is 5.11 Å². The first-order valence-electron chi connectivity index (χ1n) is 6.18. The number of anilines is 1. The number of hydrogen-bond donors (Lipinski definition) is 1. The predicted octanol–water partition coefficient (Wildman–Crippen LogP) is 3.07. The lowest BCUT2D eigenvalue weighted by atomic mass is 10.2. The molecule has 2 aromatic rings. The lowest BCUT2D eigenvalue weighted by Gasteiger charge is -2.15. The van der Waals surface area contributed by atoms with Crippen LogP contribution in [-0.2, 0) is 24.5 Å². The molecule has 1 aromatic carbocycles. The third-order valence-corrected chi connectivity index (χ3v) is 4.26. The van der Waals surface area contributed by atoms with E-state index in [1.54, 1.807) is 7.11 Å². The Hall–Kier alpha value is -1.14. The summed E-state index contributed by atoms with van der Waals surface area (Å²) >= 11 is 7.47. The Morgan fingerprint density at radius 2 is 2.25 bits per heavy atom. The van der Waals surface area contributed by atoms with Gasteiger partial charge < -0.3 is 14.7 Å². The molecular weight excluding hydrogens is 296 g/mol. The van der Waals surface area contributed by atoms with Gasteiger partial charge in [0.1, 0.15) is 0 Å². The molecule has 0 saturated heterocycles. The molecule has 0 aliphatic rings. The molecule has 0 aliphatic carbocycles. The summed E-state index contributed by atoms with van der Waals surface area (Å²) in [5.74, 6) is 0. The summed E-state index contributed by atoms with van der Waals surface area (Å²) in [4.78, 5) is 7.40. The van der Waals surface area contributed by atoms with Crippen LogP contribution in [0.25, 0.3) is 0 Å². The fraction of sp³-hybridized carbons (Fsp3) is 0.357. The zero-order valence-corrected chi connectivity index (χ0v) is 13.0. The van der Waals surface area contributed by atoms with Gasteiger partial charge in [-0.2, -0.15) is 0 Å². The van der Waals surface area contributed by atoms with Crippen molar-refractivity contribution >= 4 is 28.1 Å². The first-order valence-corrected chi connectivity index (χ1v) is 7.37. The number of nitrogens with zero attached hydrogens (tertiary/aromatic N) is 2. The average molecular weight is 313 g/mol. The number of rotatable bonds is 6. The molecule has 0 radical (unpaired) electrons. The minimum atomic E-state index is -0.0125. The number of aliphatic hydroxyl groups excluding tert-OH is 1. The normalized spacial score (nSPS) is 10.8. The Balaban J connectivity index is 2.14. The fourth-order valence-electron chi connectivity index (χ4n) is 1.88. The Morgan fingerprint density at radius 1 is 1.45 bits per heavy atom. The molecule has 0 aliphatic heterocycles. The predicted molar refractivity (Wildman–Crippen MR) is 82.3 cm³/mol. The van der Waals surface area contributed by atoms with Crippen LogP contribution in [0.3, 0.4) is 0 Å². The fourth-order valence-corrected chi connectivity index (χ4v) is 2.98. The quantitative estimate of drug-likeness (QED) is 0.890. The number of hydrogen-bond acceptors (Lipinski definition) is 5. The number of halogens is 1. The molecule has 108 valence electrons. The van der Waals surface area contributed by atoms with Crippen LogP contribution in [0.15, 0.2) is 24.3 Å². The molecule has 0 atom stereocenters. The van der Waals surface area contributed by atoms with Crippen LogP contribution in [0.4, 0.5) is 5.13 Å². The number of ether oxygens (including phenoxy) is 1. The van der Waals surface area contributed by atoms with Crippen LogP contribution in [0, 0.1) is 0 Å². The second-order valence-electron chi connectivity index (χ2n) is 4.44. The van der Waals surface area contributed by atoms with Gasteiger partial charge in [-0.05, 0) is 17.7 Å². The summed E-state index contributed by atoms with van der Waals surface area (Å²) in [6, 6.07) is 7.76. The van der Waals surface area contributed by atoms with Crippen molar-refractivity contribution in [2.45, 2.75) is 19.8 Å². The first-order chi connectivity index (χ1) is 9.63. The average Bonchev–Trinajstić information content (AvgIpc) is 2.82. The van der Waals surface area contributed by atoms with Crippen molar-refractivity contribution in [3.05, 3.63) is 45.4 Å². The summed E-state index contributed by atoms with van der Waals surface area (Å²) in [6.45, 7) is 1.12. The van der Waals surface area contributed by atoms with Gasteiger partial charge in [0.05, 0.1) is 23.8 Å². The summed E-state index contributed by atoms with van der Waals surface area (Å²) < 4.78 is 5.09. The Bertz CT molecular complexity index is 574. The summed E-state index contributed by atoms with van der Waals surface area (Å²) in [6.07, 6.45) is 0. The van der Waals surface area contributed by atoms with E-state index < -0.39 is 0 Å². The number of aromatic nitrogens is 1. The molecule has 1 aromatic heterocycles. The van der Waals surface area contributed by atoms with Crippen LogP contribution >= 0.6 is 22.9 Å². The summed E-state index contributed by atoms with van der Waals surface area (Å²) in [7, 11) is 3.59. The number of benzene rings is 1. The maximum Gasteiger partial charge on any atom is 0.185 e. The molecule has 0 bridgehead atoms.